The van der Waals surface area contributed by atoms with E-state index >= 15 is 0 Å². The van der Waals surface area contributed by atoms with Gasteiger partial charge in [-0.15, -0.1) is 0 Å². The van der Waals surface area contributed by atoms with Crippen LogP contribution in [0.5, 0.6) is 0 Å². The topological polar surface area (TPSA) is 57.1 Å². The van der Waals surface area contributed by atoms with Gasteiger partial charge in [0.2, 0.25) is 0 Å². The van der Waals surface area contributed by atoms with Gasteiger partial charge in [0, 0.05) is 6.61 Å². The molecule has 0 aromatic rings. The average Bonchev–Trinajstić information content (AvgIpc) is 2.70. The van der Waals surface area contributed by atoms with Crippen LogP contribution in [0.2, 0.25) is 0 Å². The van der Waals surface area contributed by atoms with Crippen molar-refractivity contribution in [2.24, 2.45) is 5.18 Å². The highest BCUT2D eigenvalue weighted by atomic mass is 16.7. The Kier molecular flexibility index (Phi) is 2.55. The van der Waals surface area contributed by atoms with Gasteiger partial charge in [-0.25, -0.2) is 0 Å². The Bertz CT molecular complexity index is 231. The molecule has 2 heterocycles. The molecule has 2 rings (SSSR count). The summed E-state index contributed by atoms with van der Waals surface area (Å²) in [6.07, 6.45) is 0.304. The standard InChI is InChI=1S/C9H15NO4/c1-9(2)13-5-7(14-9)8-6(10-11)3-4-12-8/h6-8H,3-5H2,1-2H3. The first-order valence-corrected chi connectivity index (χ1v) is 4.88. The van der Waals surface area contributed by atoms with Crippen molar-refractivity contribution >= 4 is 0 Å². The van der Waals surface area contributed by atoms with Crippen molar-refractivity contribution in [3.8, 4) is 0 Å². The zero-order chi connectivity index (χ0) is 10.2. The molecule has 5 heteroatoms. The van der Waals surface area contributed by atoms with Gasteiger partial charge in [0.25, 0.3) is 0 Å². The molecule has 2 aliphatic heterocycles. The van der Waals surface area contributed by atoms with Crippen LogP contribution in [0, 0.1) is 4.91 Å². The largest absolute Gasteiger partial charge is 0.373 e. The third kappa shape index (κ3) is 1.80. The van der Waals surface area contributed by atoms with E-state index in [0.29, 0.717) is 19.6 Å². The Labute approximate surface area is 82.7 Å². The summed E-state index contributed by atoms with van der Waals surface area (Å²) in [7, 11) is 0. The lowest BCUT2D eigenvalue weighted by Gasteiger charge is -2.21. The number of ether oxygens (including phenoxy) is 3. The van der Waals surface area contributed by atoms with E-state index in [2.05, 4.69) is 5.18 Å². The lowest BCUT2D eigenvalue weighted by Crippen LogP contribution is -2.36. The molecule has 0 aromatic heterocycles. The van der Waals surface area contributed by atoms with Crippen molar-refractivity contribution in [2.45, 2.75) is 44.3 Å². The first-order chi connectivity index (χ1) is 6.62. The highest BCUT2D eigenvalue weighted by Gasteiger charge is 2.44. The number of nitrogens with zero attached hydrogens (tertiary/aromatic N) is 1. The van der Waals surface area contributed by atoms with Crippen LogP contribution in [0.25, 0.3) is 0 Å². The number of nitroso groups, excluding NO2 is 1. The minimum Gasteiger partial charge on any atom is -0.373 e. The van der Waals surface area contributed by atoms with E-state index in [1.807, 2.05) is 13.8 Å². The molecule has 3 unspecified atom stereocenters. The van der Waals surface area contributed by atoms with Crippen molar-refractivity contribution in [2.75, 3.05) is 13.2 Å². The molecule has 2 saturated heterocycles. The van der Waals surface area contributed by atoms with Gasteiger partial charge in [-0.05, 0) is 20.3 Å². The predicted octanol–water partition coefficient (Wildman–Crippen LogP) is 1.06. The molecule has 5 nitrogen and oxygen atoms in total. The molecule has 0 amide bonds. The normalized spacial score (nSPS) is 41.4. The molecular weight excluding hydrogens is 186 g/mol. The molecule has 0 saturated carbocycles. The van der Waals surface area contributed by atoms with E-state index in [9.17, 15) is 4.91 Å². The summed E-state index contributed by atoms with van der Waals surface area (Å²) in [6.45, 7) is 4.77. The summed E-state index contributed by atoms with van der Waals surface area (Å²) in [5, 5.41) is 3.05. The fourth-order valence-corrected chi connectivity index (χ4v) is 1.95. The summed E-state index contributed by atoms with van der Waals surface area (Å²) >= 11 is 0. The third-order valence-corrected chi connectivity index (χ3v) is 2.64. The second-order valence-corrected chi connectivity index (χ2v) is 4.16. The van der Waals surface area contributed by atoms with Crippen LogP contribution < -0.4 is 0 Å². The molecule has 14 heavy (non-hydrogen) atoms. The van der Waals surface area contributed by atoms with Crippen LogP contribution >= 0.6 is 0 Å². The number of rotatable bonds is 2. The minimum absolute atomic E-state index is 0.157. The van der Waals surface area contributed by atoms with E-state index in [4.69, 9.17) is 14.2 Å². The van der Waals surface area contributed by atoms with E-state index in [1.54, 1.807) is 0 Å². The van der Waals surface area contributed by atoms with E-state index in [1.165, 1.54) is 0 Å². The molecule has 0 spiro atoms. The predicted molar refractivity (Wildman–Crippen MR) is 48.8 cm³/mol. The number of hydrogen-bond donors (Lipinski definition) is 0. The summed E-state index contributed by atoms with van der Waals surface area (Å²) in [5.41, 5.74) is 0. The maximum atomic E-state index is 10.5. The maximum absolute atomic E-state index is 10.5. The third-order valence-electron chi connectivity index (χ3n) is 2.64. The number of hydrogen-bond acceptors (Lipinski definition) is 5. The van der Waals surface area contributed by atoms with Gasteiger partial charge in [-0.1, -0.05) is 5.18 Å². The van der Waals surface area contributed by atoms with Crippen LogP contribution in [0.4, 0.5) is 0 Å². The molecule has 0 radical (unpaired) electrons. The Balaban J connectivity index is 1.99. The van der Waals surface area contributed by atoms with Crippen molar-refractivity contribution in [3.05, 3.63) is 4.91 Å². The summed E-state index contributed by atoms with van der Waals surface area (Å²) < 4.78 is 16.5. The monoisotopic (exact) mass is 201 g/mol. The average molecular weight is 201 g/mol. The van der Waals surface area contributed by atoms with Crippen molar-refractivity contribution in [1.29, 1.82) is 0 Å². The van der Waals surface area contributed by atoms with Crippen molar-refractivity contribution < 1.29 is 14.2 Å². The molecule has 0 bridgehead atoms. The molecular formula is C9H15NO4. The summed E-state index contributed by atoms with van der Waals surface area (Å²) in [5.74, 6) is -0.565. The van der Waals surface area contributed by atoms with Crippen LogP contribution in [-0.4, -0.2) is 37.3 Å². The minimum atomic E-state index is -0.565. The van der Waals surface area contributed by atoms with Gasteiger partial charge >= 0.3 is 0 Å². The van der Waals surface area contributed by atoms with Crippen molar-refractivity contribution in [1.82, 2.24) is 0 Å². The van der Waals surface area contributed by atoms with E-state index in [-0.39, 0.29) is 18.2 Å². The van der Waals surface area contributed by atoms with Gasteiger partial charge in [0.05, 0.1) is 6.61 Å². The lowest BCUT2D eigenvalue weighted by atomic mass is 10.1. The zero-order valence-corrected chi connectivity index (χ0v) is 8.43. The van der Waals surface area contributed by atoms with Crippen LogP contribution in [0.3, 0.4) is 0 Å². The molecule has 0 aliphatic carbocycles. The second-order valence-electron chi connectivity index (χ2n) is 4.16. The SMILES string of the molecule is CC1(C)OCC(C2OCCC2N=O)O1. The van der Waals surface area contributed by atoms with Crippen LogP contribution in [0.15, 0.2) is 5.18 Å². The van der Waals surface area contributed by atoms with Gasteiger partial charge < -0.3 is 14.2 Å². The fourth-order valence-electron chi connectivity index (χ4n) is 1.95. The Morgan fingerprint density at radius 1 is 1.43 bits per heavy atom. The van der Waals surface area contributed by atoms with E-state index < -0.39 is 5.79 Å². The van der Waals surface area contributed by atoms with Gasteiger partial charge in [0.1, 0.15) is 18.2 Å². The molecule has 2 aliphatic rings. The highest BCUT2D eigenvalue weighted by molar-refractivity contribution is 4.90. The van der Waals surface area contributed by atoms with Crippen molar-refractivity contribution in [3.63, 3.8) is 0 Å². The van der Waals surface area contributed by atoms with Crippen LogP contribution in [0.1, 0.15) is 20.3 Å². The quantitative estimate of drug-likeness (QED) is 0.627. The zero-order valence-electron chi connectivity index (χ0n) is 8.43. The van der Waals surface area contributed by atoms with Gasteiger partial charge in [-0.3, -0.25) is 0 Å². The molecule has 80 valence electrons. The summed E-state index contributed by atoms with van der Waals surface area (Å²) in [6, 6.07) is -0.280. The Hall–Kier alpha value is -0.520. The van der Waals surface area contributed by atoms with Crippen LogP contribution in [-0.2, 0) is 14.2 Å². The first-order valence-electron chi connectivity index (χ1n) is 4.88. The molecule has 3 atom stereocenters. The first kappa shape index (κ1) is 10.0. The van der Waals surface area contributed by atoms with Gasteiger partial charge in [0.15, 0.2) is 5.79 Å². The second kappa shape index (κ2) is 3.56. The molecule has 2 fully saturated rings. The highest BCUT2D eigenvalue weighted by Crippen LogP contribution is 2.30. The Morgan fingerprint density at radius 3 is 2.79 bits per heavy atom. The Morgan fingerprint density at radius 2 is 2.21 bits per heavy atom. The molecule has 0 N–H and O–H groups in total. The lowest BCUT2D eigenvalue weighted by molar-refractivity contribution is -0.152. The maximum Gasteiger partial charge on any atom is 0.163 e. The smallest absolute Gasteiger partial charge is 0.163 e. The molecule has 0 aromatic carbocycles. The van der Waals surface area contributed by atoms with E-state index in [0.717, 1.165) is 0 Å². The summed E-state index contributed by atoms with van der Waals surface area (Å²) in [4.78, 5) is 10.5. The fraction of sp³-hybridized carbons (Fsp3) is 1.00. The van der Waals surface area contributed by atoms with Gasteiger partial charge in [-0.2, -0.15) is 4.91 Å².